The third-order valence-electron chi connectivity index (χ3n) is 3.94. The molecule has 2 rings (SSSR count). The van der Waals surface area contributed by atoms with Gasteiger partial charge in [0, 0.05) is 19.1 Å². The number of rotatable bonds is 5. The Morgan fingerprint density at radius 2 is 2.20 bits per heavy atom. The largest absolute Gasteiger partial charge is 0.480 e. The van der Waals surface area contributed by atoms with E-state index in [4.69, 9.17) is 10.5 Å². The second-order valence-corrected chi connectivity index (χ2v) is 5.25. The van der Waals surface area contributed by atoms with E-state index in [2.05, 4.69) is 11.8 Å². The summed E-state index contributed by atoms with van der Waals surface area (Å²) in [7, 11) is 0. The molecule has 0 bridgehead atoms. The van der Waals surface area contributed by atoms with Gasteiger partial charge in [-0.25, -0.2) is 4.79 Å². The van der Waals surface area contributed by atoms with E-state index in [0.717, 1.165) is 13.0 Å². The highest BCUT2D eigenvalue weighted by Crippen LogP contribution is 2.23. The molecule has 5 heteroatoms. The third-order valence-corrected chi connectivity index (χ3v) is 3.94. The highest BCUT2D eigenvalue weighted by molar-refractivity contribution is 5.80. The SMILES string of the molecule is CCC1COCCN1CC(N)(C(=O)O)c1ccccc1. The summed E-state index contributed by atoms with van der Waals surface area (Å²) in [5.74, 6) is -0.995. The maximum absolute atomic E-state index is 11.7. The minimum atomic E-state index is -1.38. The number of hydrogen-bond acceptors (Lipinski definition) is 4. The lowest BCUT2D eigenvalue weighted by Gasteiger charge is -2.39. The molecule has 20 heavy (non-hydrogen) atoms. The van der Waals surface area contributed by atoms with Gasteiger partial charge in [-0.05, 0) is 12.0 Å². The Bertz CT molecular complexity index is 452. The molecule has 3 N–H and O–H groups in total. The smallest absolute Gasteiger partial charge is 0.329 e. The average Bonchev–Trinajstić information content (AvgIpc) is 2.48. The van der Waals surface area contributed by atoms with Gasteiger partial charge < -0.3 is 15.6 Å². The van der Waals surface area contributed by atoms with Gasteiger partial charge in [-0.15, -0.1) is 0 Å². The van der Waals surface area contributed by atoms with Gasteiger partial charge in [0.1, 0.15) is 0 Å². The Hall–Kier alpha value is -1.43. The summed E-state index contributed by atoms with van der Waals surface area (Å²) in [5, 5.41) is 9.59. The van der Waals surface area contributed by atoms with Gasteiger partial charge >= 0.3 is 5.97 Å². The van der Waals surface area contributed by atoms with Gasteiger partial charge in [0.05, 0.1) is 13.2 Å². The minimum Gasteiger partial charge on any atom is -0.480 e. The Balaban J connectivity index is 2.23. The first-order valence-corrected chi connectivity index (χ1v) is 6.97. The van der Waals surface area contributed by atoms with E-state index in [1.54, 1.807) is 12.1 Å². The molecule has 0 aromatic heterocycles. The first-order chi connectivity index (χ1) is 9.58. The van der Waals surface area contributed by atoms with Gasteiger partial charge in [-0.3, -0.25) is 4.90 Å². The van der Waals surface area contributed by atoms with Crippen LogP contribution in [-0.2, 0) is 15.1 Å². The number of morpholine rings is 1. The Morgan fingerprint density at radius 3 is 2.80 bits per heavy atom. The summed E-state index contributed by atoms with van der Waals surface area (Å²) < 4.78 is 5.45. The van der Waals surface area contributed by atoms with Gasteiger partial charge in [-0.2, -0.15) is 0 Å². The summed E-state index contributed by atoms with van der Waals surface area (Å²) in [6.45, 7) is 4.36. The maximum Gasteiger partial charge on any atom is 0.329 e. The number of aliphatic carboxylic acids is 1. The molecule has 1 heterocycles. The van der Waals surface area contributed by atoms with Crippen molar-refractivity contribution >= 4 is 5.97 Å². The zero-order valence-electron chi connectivity index (χ0n) is 11.8. The number of carboxylic acid groups (broad SMARTS) is 1. The van der Waals surface area contributed by atoms with Crippen LogP contribution in [0.25, 0.3) is 0 Å². The average molecular weight is 278 g/mol. The second-order valence-electron chi connectivity index (χ2n) is 5.25. The van der Waals surface area contributed by atoms with Crippen molar-refractivity contribution in [3.8, 4) is 0 Å². The van der Waals surface area contributed by atoms with E-state index in [-0.39, 0.29) is 6.04 Å². The zero-order chi connectivity index (χ0) is 14.6. The van der Waals surface area contributed by atoms with Crippen molar-refractivity contribution < 1.29 is 14.6 Å². The van der Waals surface area contributed by atoms with Gasteiger partial charge in [0.25, 0.3) is 0 Å². The molecule has 0 amide bonds. The molecule has 0 aliphatic carbocycles. The van der Waals surface area contributed by atoms with E-state index < -0.39 is 11.5 Å². The standard InChI is InChI=1S/C15H22N2O3/c1-2-13-10-20-9-8-17(13)11-15(16,14(18)19)12-6-4-3-5-7-12/h3-7,13H,2,8-11,16H2,1H3,(H,18,19). The van der Waals surface area contributed by atoms with Crippen LogP contribution in [0.4, 0.5) is 0 Å². The molecule has 0 spiro atoms. The molecule has 1 saturated heterocycles. The van der Waals surface area contributed by atoms with Crippen molar-refractivity contribution in [1.82, 2.24) is 4.90 Å². The summed E-state index contributed by atoms with van der Waals surface area (Å²) in [5.41, 5.74) is 5.48. The first kappa shape index (κ1) is 15.0. The molecule has 1 aromatic rings. The first-order valence-electron chi connectivity index (χ1n) is 6.97. The van der Waals surface area contributed by atoms with E-state index in [1.165, 1.54) is 0 Å². The molecule has 2 atom stereocenters. The summed E-state index contributed by atoms with van der Waals surface area (Å²) in [6, 6.07) is 9.27. The van der Waals surface area contributed by atoms with Crippen molar-refractivity contribution in [2.75, 3.05) is 26.3 Å². The van der Waals surface area contributed by atoms with Crippen LogP contribution < -0.4 is 5.73 Å². The topological polar surface area (TPSA) is 75.8 Å². The van der Waals surface area contributed by atoms with Crippen LogP contribution in [-0.4, -0.2) is 48.3 Å². The van der Waals surface area contributed by atoms with Crippen LogP contribution in [0.2, 0.25) is 0 Å². The van der Waals surface area contributed by atoms with Crippen molar-refractivity contribution in [2.24, 2.45) is 5.73 Å². The number of ether oxygens (including phenoxy) is 1. The van der Waals surface area contributed by atoms with Crippen molar-refractivity contribution in [2.45, 2.75) is 24.9 Å². The fraction of sp³-hybridized carbons (Fsp3) is 0.533. The molecule has 1 aliphatic rings. The zero-order valence-corrected chi connectivity index (χ0v) is 11.8. The summed E-state index contributed by atoms with van der Waals surface area (Å²) in [6.07, 6.45) is 0.921. The normalized spacial score (nSPS) is 23.2. The predicted molar refractivity (Wildman–Crippen MR) is 76.4 cm³/mol. The quantitative estimate of drug-likeness (QED) is 0.841. The molecule has 5 nitrogen and oxygen atoms in total. The van der Waals surface area contributed by atoms with Crippen LogP contribution in [0.3, 0.4) is 0 Å². The molecule has 1 fully saturated rings. The Labute approximate surface area is 119 Å². The number of carboxylic acids is 1. The number of nitrogens with zero attached hydrogens (tertiary/aromatic N) is 1. The number of carbonyl (C=O) groups is 1. The Morgan fingerprint density at radius 1 is 1.50 bits per heavy atom. The monoisotopic (exact) mass is 278 g/mol. The minimum absolute atomic E-state index is 0.231. The molecule has 1 aliphatic heterocycles. The predicted octanol–water partition coefficient (Wildman–Crippen LogP) is 1.04. The van der Waals surface area contributed by atoms with Crippen molar-refractivity contribution in [3.63, 3.8) is 0 Å². The fourth-order valence-corrected chi connectivity index (χ4v) is 2.61. The van der Waals surface area contributed by atoms with Crippen LogP contribution in [0.1, 0.15) is 18.9 Å². The van der Waals surface area contributed by atoms with Crippen molar-refractivity contribution in [1.29, 1.82) is 0 Å². The highest BCUT2D eigenvalue weighted by atomic mass is 16.5. The highest BCUT2D eigenvalue weighted by Gasteiger charge is 2.39. The molecule has 1 aromatic carbocycles. The van der Waals surface area contributed by atoms with Gasteiger partial charge in [0.15, 0.2) is 5.54 Å². The molecular formula is C15H22N2O3. The van der Waals surface area contributed by atoms with Crippen LogP contribution in [0.15, 0.2) is 30.3 Å². The molecule has 0 saturated carbocycles. The van der Waals surface area contributed by atoms with Crippen LogP contribution in [0.5, 0.6) is 0 Å². The lowest BCUT2D eigenvalue weighted by Crippen LogP contribution is -2.58. The number of hydrogen-bond donors (Lipinski definition) is 2. The van der Waals surface area contributed by atoms with Crippen LogP contribution >= 0.6 is 0 Å². The number of nitrogens with two attached hydrogens (primary N) is 1. The Kier molecular flexibility index (Phi) is 4.75. The fourth-order valence-electron chi connectivity index (χ4n) is 2.61. The second kappa shape index (κ2) is 6.35. The van der Waals surface area contributed by atoms with E-state index in [0.29, 0.717) is 25.3 Å². The van der Waals surface area contributed by atoms with Gasteiger partial charge in [0.2, 0.25) is 0 Å². The summed E-state index contributed by atoms with van der Waals surface area (Å²) >= 11 is 0. The van der Waals surface area contributed by atoms with E-state index in [9.17, 15) is 9.90 Å². The number of benzene rings is 1. The lowest BCUT2D eigenvalue weighted by molar-refractivity contribution is -0.145. The van der Waals surface area contributed by atoms with Crippen molar-refractivity contribution in [3.05, 3.63) is 35.9 Å². The molecule has 2 unspecified atom stereocenters. The maximum atomic E-state index is 11.7. The molecule has 110 valence electrons. The van der Waals surface area contributed by atoms with Gasteiger partial charge in [-0.1, -0.05) is 37.3 Å². The van der Waals surface area contributed by atoms with Crippen LogP contribution in [0, 0.1) is 0 Å². The third kappa shape index (κ3) is 3.00. The molecular weight excluding hydrogens is 256 g/mol. The summed E-state index contributed by atoms with van der Waals surface area (Å²) in [4.78, 5) is 13.8. The molecule has 0 radical (unpaired) electrons. The van der Waals surface area contributed by atoms with E-state index in [1.807, 2.05) is 18.2 Å². The lowest BCUT2D eigenvalue weighted by atomic mass is 9.89. The van der Waals surface area contributed by atoms with E-state index >= 15 is 0 Å².